The molecule has 0 bridgehead atoms. The molecule has 3 heterocycles. The number of hydrogen-bond acceptors (Lipinski definition) is 6. The van der Waals surface area contributed by atoms with Gasteiger partial charge in [0.2, 0.25) is 11.9 Å². The summed E-state index contributed by atoms with van der Waals surface area (Å²) in [7, 11) is 3.86. The Morgan fingerprint density at radius 3 is 2.74 bits per heavy atom. The Kier molecular flexibility index (Phi) is 5.58. The van der Waals surface area contributed by atoms with E-state index in [1.807, 2.05) is 43.0 Å². The number of rotatable bonds is 5. The van der Waals surface area contributed by atoms with E-state index in [9.17, 15) is 4.79 Å². The van der Waals surface area contributed by atoms with E-state index in [0.29, 0.717) is 19.0 Å². The molecule has 1 N–H and O–H groups in total. The van der Waals surface area contributed by atoms with Crippen LogP contribution >= 0.6 is 0 Å². The highest BCUT2D eigenvalue weighted by Crippen LogP contribution is 2.26. The summed E-state index contributed by atoms with van der Waals surface area (Å²) in [5, 5.41) is 3.56. The molecule has 0 radical (unpaired) electrons. The minimum atomic E-state index is 0.0825. The molecule has 0 saturated heterocycles. The van der Waals surface area contributed by atoms with Gasteiger partial charge >= 0.3 is 0 Å². The second-order valence-corrected chi connectivity index (χ2v) is 7.40. The Balaban J connectivity index is 1.84. The number of carbonyl (C=O) groups excluding carboxylic acids is 1. The first-order chi connectivity index (χ1) is 12.8. The lowest BCUT2D eigenvalue weighted by Gasteiger charge is -2.30. The van der Waals surface area contributed by atoms with E-state index in [1.165, 1.54) is 0 Å². The van der Waals surface area contributed by atoms with Crippen LogP contribution in [0.15, 0.2) is 18.2 Å². The fraction of sp³-hybridized carbons (Fsp3) is 0.500. The lowest BCUT2D eigenvalue weighted by Crippen LogP contribution is -2.36. The molecule has 0 fully saturated rings. The number of amides is 1. The zero-order valence-electron chi connectivity index (χ0n) is 16.8. The number of pyridine rings is 1. The van der Waals surface area contributed by atoms with Gasteiger partial charge in [0.05, 0.1) is 12.2 Å². The van der Waals surface area contributed by atoms with Gasteiger partial charge in [-0.15, -0.1) is 0 Å². The molecule has 7 heteroatoms. The Morgan fingerprint density at radius 2 is 2.07 bits per heavy atom. The SMILES string of the molecule is CC(=O)N1CCc2c(nc(N(C)C)nc2N[C@@H](C)Cc2cccc(C)n2)C1. The molecule has 0 saturated carbocycles. The summed E-state index contributed by atoms with van der Waals surface area (Å²) in [5.41, 5.74) is 4.13. The van der Waals surface area contributed by atoms with Crippen LogP contribution in [0.3, 0.4) is 0 Å². The topological polar surface area (TPSA) is 74.2 Å². The molecule has 2 aromatic heterocycles. The number of anilines is 2. The van der Waals surface area contributed by atoms with E-state index in [2.05, 4.69) is 28.3 Å². The van der Waals surface area contributed by atoms with Gasteiger partial charge in [-0.25, -0.2) is 4.98 Å². The van der Waals surface area contributed by atoms with Crippen molar-refractivity contribution in [3.63, 3.8) is 0 Å². The summed E-state index contributed by atoms with van der Waals surface area (Å²) in [6, 6.07) is 6.28. The largest absolute Gasteiger partial charge is 0.367 e. The van der Waals surface area contributed by atoms with Gasteiger partial charge in [0, 0.05) is 57.0 Å². The van der Waals surface area contributed by atoms with Gasteiger partial charge in [-0.05, 0) is 32.4 Å². The van der Waals surface area contributed by atoms with Crippen molar-refractivity contribution in [2.24, 2.45) is 0 Å². The average molecular weight is 368 g/mol. The Labute approximate surface area is 160 Å². The first-order valence-electron chi connectivity index (χ1n) is 9.35. The summed E-state index contributed by atoms with van der Waals surface area (Å²) in [4.78, 5) is 29.5. The predicted octanol–water partition coefficient (Wildman–Crippen LogP) is 2.19. The number of hydrogen-bond donors (Lipinski definition) is 1. The molecule has 0 aliphatic carbocycles. The number of carbonyl (C=O) groups is 1. The van der Waals surface area contributed by atoms with Gasteiger partial charge in [-0.2, -0.15) is 4.98 Å². The van der Waals surface area contributed by atoms with E-state index in [1.54, 1.807) is 6.92 Å². The fourth-order valence-corrected chi connectivity index (χ4v) is 3.32. The van der Waals surface area contributed by atoms with Gasteiger partial charge in [-0.1, -0.05) is 6.07 Å². The van der Waals surface area contributed by atoms with E-state index in [0.717, 1.165) is 41.3 Å². The third-order valence-corrected chi connectivity index (χ3v) is 4.74. The Bertz CT molecular complexity index is 835. The van der Waals surface area contributed by atoms with E-state index in [-0.39, 0.29) is 11.9 Å². The van der Waals surface area contributed by atoms with Gasteiger partial charge in [0.15, 0.2) is 0 Å². The molecule has 0 unspecified atom stereocenters. The lowest BCUT2D eigenvalue weighted by atomic mass is 10.0. The van der Waals surface area contributed by atoms with Crippen LogP contribution in [0.2, 0.25) is 0 Å². The molecule has 3 rings (SSSR count). The summed E-state index contributed by atoms with van der Waals surface area (Å²) in [5.74, 6) is 1.61. The maximum atomic E-state index is 11.8. The first-order valence-corrected chi connectivity index (χ1v) is 9.35. The smallest absolute Gasteiger partial charge is 0.227 e. The maximum absolute atomic E-state index is 11.8. The summed E-state index contributed by atoms with van der Waals surface area (Å²) in [6.07, 6.45) is 1.58. The monoisotopic (exact) mass is 368 g/mol. The van der Waals surface area contributed by atoms with E-state index in [4.69, 9.17) is 4.98 Å². The number of nitrogens with zero attached hydrogens (tertiary/aromatic N) is 5. The van der Waals surface area contributed by atoms with Gasteiger partial charge in [-0.3, -0.25) is 9.78 Å². The van der Waals surface area contributed by atoms with Crippen LogP contribution in [0.4, 0.5) is 11.8 Å². The highest BCUT2D eigenvalue weighted by molar-refractivity contribution is 5.73. The van der Waals surface area contributed by atoms with Crippen molar-refractivity contribution in [3.05, 3.63) is 40.8 Å². The van der Waals surface area contributed by atoms with Crippen molar-refractivity contribution in [2.45, 2.75) is 46.2 Å². The second-order valence-electron chi connectivity index (χ2n) is 7.40. The molecule has 1 aliphatic rings. The summed E-state index contributed by atoms with van der Waals surface area (Å²) in [6.45, 7) is 6.99. The van der Waals surface area contributed by atoms with Crippen molar-refractivity contribution in [1.82, 2.24) is 19.9 Å². The number of aromatic nitrogens is 3. The zero-order chi connectivity index (χ0) is 19.6. The van der Waals surface area contributed by atoms with Crippen LogP contribution in [0.1, 0.15) is 36.5 Å². The van der Waals surface area contributed by atoms with Gasteiger partial charge in [0.25, 0.3) is 0 Å². The number of fused-ring (bicyclic) bond motifs is 1. The minimum Gasteiger partial charge on any atom is -0.367 e. The molecule has 7 nitrogen and oxygen atoms in total. The average Bonchev–Trinajstić information content (AvgIpc) is 2.60. The molecule has 0 spiro atoms. The normalized spacial score (nSPS) is 14.5. The highest BCUT2D eigenvalue weighted by atomic mass is 16.2. The molecular formula is C20H28N6O. The van der Waals surface area contributed by atoms with E-state index >= 15 is 0 Å². The molecule has 2 aromatic rings. The zero-order valence-corrected chi connectivity index (χ0v) is 16.8. The standard InChI is InChI=1S/C20H28N6O/c1-13-7-6-8-16(21-13)11-14(2)22-19-17-9-10-26(15(3)27)12-18(17)23-20(24-19)25(4)5/h6-8,14H,9-12H2,1-5H3,(H,22,23,24)/t14-/m0/s1. The minimum absolute atomic E-state index is 0.0825. The molecule has 27 heavy (non-hydrogen) atoms. The highest BCUT2D eigenvalue weighted by Gasteiger charge is 2.24. The molecule has 1 amide bonds. The van der Waals surface area contributed by atoms with Crippen LogP contribution in [-0.2, 0) is 24.2 Å². The molecule has 1 aliphatic heterocycles. The third kappa shape index (κ3) is 4.53. The molecular weight excluding hydrogens is 340 g/mol. The van der Waals surface area contributed by atoms with Crippen LogP contribution in [0, 0.1) is 6.92 Å². The first kappa shape index (κ1) is 19.1. The van der Waals surface area contributed by atoms with Crippen molar-refractivity contribution in [3.8, 4) is 0 Å². The molecule has 0 aromatic carbocycles. The van der Waals surface area contributed by atoms with Gasteiger partial charge < -0.3 is 15.1 Å². The fourth-order valence-electron chi connectivity index (χ4n) is 3.32. The Hall–Kier alpha value is -2.70. The third-order valence-electron chi connectivity index (χ3n) is 4.74. The van der Waals surface area contributed by atoms with Crippen molar-refractivity contribution in [1.29, 1.82) is 0 Å². The van der Waals surface area contributed by atoms with Crippen molar-refractivity contribution in [2.75, 3.05) is 30.9 Å². The van der Waals surface area contributed by atoms with Crippen LogP contribution in [0.25, 0.3) is 0 Å². The summed E-state index contributed by atoms with van der Waals surface area (Å²) < 4.78 is 0. The quantitative estimate of drug-likeness (QED) is 0.872. The van der Waals surface area contributed by atoms with Crippen LogP contribution < -0.4 is 10.2 Å². The lowest BCUT2D eigenvalue weighted by molar-refractivity contribution is -0.129. The van der Waals surface area contributed by atoms with Crippen LogP contribution in [0.5, 0.6) is 0 Å². The molecule has 1 atom stereocenters. The van der Waals surface area contributed by atoms with Crippen molar-refractivity contribution < 1.29 is 4.79 Å². The van der Waals surface area contributed by atoms with Gasteiger partial charge in [0.1, 0.15) is 5.82 Å². The second kappa shape index (κ2) is 7.90. The molecule has 144 valence electrons. The van der Waals surface area contributed by atoms with E-state index < -0.39 is 0 Å². The van der Waals surface area contributed by atoms with Crippen molar-refractivity contribution >= 4 is 17.7 Å². The predicted molar refractivity (Wildman–Crippen MR) is 107 cm³/mol. The summed E-state index contributed by atoms with van der Waals surface area (Å²) >= 11 is 0. The number of nitrogens with one attached hydrogen (secondary N) is 1. The maximum Gasteiger partial charge on any atom is 0.227 e. The number of aryl methyl sites for hydroxylation is 1. The Morgan fingerprint density at radius 1 is 1.30 bits per heavy atom. The van der Waals surface area contributed by atoms with Crippen LogP contribution in [-0.4, -0.2) is 52.4 Å².